The number of thioether (sulfide) groups is 2. The first-order valence-electron chi connectivity index (χ1n) is 30.6. The van der Waals surface area contributed by atoms with Gasteiger partial charge >= 0.3 is 0 Å². The van der Waals surface area contributed by atoms with E-state index in [4.69, 9.17) is 0 Å². The first-order chi connectivity index (χ1) is 34.1. The monoisotopic (exact) mass is 1030 g/mol. The number of rotatable bonds is 52. The van der Waals surface area contributed by atoms with Gasteiger partial charge in [0, 0.05) is 62.6 Å². The van der Waals surface area contributed by atoms with Crippen LogP contribution in [-0.4, -0.2) is 116 Å². The molecule has 0 radical (unpaired) electrons. The summed E-state index contributed by atoms with van der Waals surface area (Å²) in [6.07, 6.45) is 44.3. The number of carbonyl (C=O) groups is 2. The predicted molar refractivity (Wildman–Crippen MR) is 306 cm³/mol. The quantitative estimate of drug-likeness (QED) is 0.0438. The van der Waals surface area contributed by atoms with Crippen molar-refractivity contribution in [2.75, 3.05) is 50.8 Å². The molecule has 416 valence electrons. The molecular formula is C60H118N2O6S2. The minimum absolute atomic E-state index is 0.0202. The van der Waals surface area contributed by atoms with Crippen molar-refractivity contribution < 1.29 is 30.0 Å². The van der Waals surface area contributed by atoms with Crippen molar-refractivity contribution in [3.05, 3.63) is 0 Å². The number of hydrogen-bond donors (Lipinski definition) is 4. The predicted octanol–water partition coefficient (Wildman–Crippen LogP) is 15.5. The highest BCUT2D eigenvalue weighted by Crippen LogP contribution is 2.34. The molecule has 0 bridgehead atoms. The molecule has 1 aliphatic carbocycles. The fourth-order valence-electron chi connectivity index (χ4n) is 10.5. The zero-order chi connectivity index (χ0) is 51.1. The molecule has 1 aliphatic rings. The lowest BCUT2D eigenvalue weighted by Crippen LogP contribution is -2.39. The average molecular weight is 1030 g/mol. The molecule has 8 nitrogen and oxygen atoms in total. The van der Waals surface area contributed by atoms with E-state index in [0.29, 0.717) is 50.8 Å². The Kier molecular flexibility index (Phi) is 48.1. The van der Waals surface area contributed by atoms with Gasteiger partial charge in [0.2, 0.25) is 0 Å². The summed E-state index contributed by atoms with van der Waals surface area (Å²) in [5.74, 6) is 1.27. The summed E-state index contributed by atoms with van der Waals surface area (Å²) in [6.45, 7) is 12.5. The van der Waals surface area contributed by atoms with Gasteiger partial charge in [0.05, 0.1) is 24.4 Å². The third kappa shape index (κ3) is 41.1. The molecular weight excluding hydrogens is 909 g/mol. The summed E-state index contributed by atoms with van der Waals surface area (Å²) in [4.78, 5) is 31.4. The maximum Gasteiger partial charge on any atom is 0.192 e. The Hall–Kier alpha value is -0.200. The van der Waals surface area contributed by atoms with E-state index in [2.05, 4.69) is 37.5 Å². The van der Waals surface area contributed by atoms with Gasteiger partial charge in [-0.3, -0.25) is 19.4 Å². The minimum atomic E-state index is -0.419. The Morgan fingerprint density at radius 3 is 0.771 bits per heavy atom. The molecule has 10 heteroatoms. The van der Waals surface area contributed by atoms with Crippen molar-refractivity contribution in [1.82, 2.24) is 9.80 Å². The van der Waals surface area contributed by atoms with Crippen LogP contribution in [-0.2, 0) is 9.59 Å². The van der Waals surface area contributed by atoms with Crippen LogP contribution in [0.2, 0.25) is 0 Å². The van der Waals surface area contributed by atoms with Crippen molar-refractivity contribution in [2.45, 2.75) is 309 Å². The summed E-state index contributed by atoms with van der Waals surface area (Å²) < 4.78 is 0. The molecule has 0 amide bonds. The highest BCUT2D eigenvalue weighted by Gasteiger charge is 2.30. The minimum Gasteiger partial charge on any atom is -0.392 e. The molecule has 1 saturated carbocycles. The number of unbranched alkanes of at least 4 members (excludes halogenated alkanes) is 28. The lowest BCUT2D eigenvalue weighted by atomic mass is 9.83. The highest BCUT2D eigenvalue weighted by molar-refractivity contribution is 8.13. The second-order valence-corrected chi connectivity index (χ2v) is 24.3. The fourth-order valence-corrected chi connectivity index (χ4v) is 12.5. The molecule has 0 saturated heterocycles. The summed E-state index contributed by atoms with van der Waals surface area (Å²) in [6, 6.07) is 0. The molecule has 0 aromatic heterocycles. The van der Waals surface area contributed by atoms with Gasteiger partial charge in [-0.05, 0) is 51.4 Å². The van der Waals surface area contributed by atoms with Crippen molar-refractivity contribution >= 4 is 33.8 Å². The highest BCUT2D eigenvalue weighted by atomic mass is 32.2. The summed E-state index contributed by atoms with van der Waals surface area (Å²) >= 11 is 2.81. The molecule has 1 fully saturated rings. The Bertz CT molecular complexity index is 1000. The Labute approximate surface area is 443 Å². The van der Waals surface area contributed by atoms with E-state index in [1.807, 2.05) is 0 Å². The Morgan fingerprint density at radius 1 is 0.357 bits per heavy atom. The maximum absolute atomic E-state index is 13.5. The molecule has 4 unspecified atom stereocenters. The fraction of sp³-hybridized carbons (Fsp3) is 0.967. The number of nitrogens with zero attached hydrogens (tertiary/aromatic N) is 2. The number of aliphatic hydroxyl groups is 4. The molecule has 0 aromatic carbocycles. The van der Waals surface area contributed by atoms with Gasteiger partial charge in [-0.1, -0.05) is 257 Å². The van der Waals surface area contributed by atoms with E-state index in [1.54, 1.807) is 0 Å². The average Bonchev–Trinajstić information content (AvgIpc) is 3.34. The molecule has 1 rings (SSSR count). The molecule has 0 aliphatic heterocycles. The van der Waals surface area contributed by atoms with Crippen LogP contribution in [0.4, 0.5) is 0 Å². The summed E-state index contributed by atoms with van der Waals surface area (Å²) in [5, 5.41) is 44.7. The zero-order valence-electron chi connectivity index (χ0n) is 46.7. The first kappa shape index (κ1) is 67.8. The molecule has 0 aromatic rings. The third-order valence-electron chi connectivity index (χ3n) is 15.1. The summed E-state index contributed by atoms with van der Waals surface area (Å²) in [7, 11) is 0. The number of aliphatic hydroxyl groups excluding tert-OH is 4. The van der Waals surface area contributed by atoms with Crippen LogP contribution in [0, 0.1) is 11.8 Å². The van der Waals surface area contributed by atoms with E-state index < -0.39 is 24.4 Å². The van der Waals surface area contributed by atoms with Gasteiger partial charge < -0.3 is 20.4 Å². The number of carbonyl (C=O) groups excluding carboxylic acids is 2. The first-order valence-corrected chi connectivity index (χ1v) is 32.6. The van der Waals surface area contributed by atoms with Crippen LogP contribution in [0.25, 0.3) is 0 Å². The molecule has 0 heterocycles. The van der Waals surface area contributed by atoms with Crippen molar-refractivity contribution in [3.63, 3.8) is 0 Å². The van der Waals surface area contributed by atoms with Crippen LogP contribution in [0.1, 0.15) is 285 Å². The van der Waals surface area contributed by atoms with E-state index in [0.717, 1.165) is 103 Å². The van der Waals surface area contributed by atoms with E-state index >= 15 is 0 Å². The van der Waals surface area contributed by atoms with Gasteiger partial charge in [-0.25, -0.2) is 0 Å². The second-order valence-electron chi connectivity index (χ2n) is 22.1. The maximum atomic E-state index is 13.5. The van der Waals surface area contributed by atoms with Crippen LogP contribution < -0.4 is 0 Å². The molecule has 4 atom stereocenters. The number of hydrogen-bond acceptors (Lipinski definition) is 10. The van der Waals surface area contributed by atoms with E-state index in [9.17, 15) is 30.0 Å². The standard InChI is InChI=1S/C60H118N2O6S2/c1-5-9-13-17-21-25-29-33-37-55(63)49-61(50-56(64)38-34-30-26-22-18-14-10-6-2)45-47-69-59(67)53-41-43-54(44-42-53)60(68)70-48-46-62(51-57(65)39-35-31-27-23-19-15-11-7-3)52-58(66)40-36-32-28-24-20-16-12-8-4/h53-58,63-66H,5-52H2,1-4H3. The SMILES string of the molecule is CCCCCCCCCCC(O)CN(CCSC(=O)C1CCC(C(=O)SCCN(CC(O)CCCCCCCCCC)CC(O)CCCCCCCCCC)CC1)CC(O)CCCCCCCCCC. The van der Waals surface area contributed by atoms with E-state index in [1.165, 1.54) is 178 Å². The van der Waals surface area contributed by atoms with Crippen molar-refractivity contribution in [3.8, 4) is 0 Å². The Balaban J connectivity index is 2.60. The second kappa shape index (κ2) is 49.7. The largest absolute Gasteiger partial charge is 0.392 e. The lowest BCUT2D eigenvalue weighted by molar-refractivity contribution is -0.119. The smallest absolute Gasteiger partial charge is 0.192 e. The van der Waals surface area contributed by atoms with Gasteiger partial charge in [-0.15, -0.1) is 0 Å². The van der Waals surface area contributed by atoms with Gasteiger partial charge in [0.25, 0.3) is 0 Å². The molecule has 70 heavy (non-hydrogen) atoms. The van der Waals surface area contributed by atoms with Crippen molar-refractivity contribution in [2.24, 2.45) is 11.8 Å². The summed E-state index contributed by atoms with van der Waals surface area (Å²) in [5.41, 5.74) is 0. The van der Waals surface area contributed by atoms with Crippen molar-refractivity contribution in [1.29, 1.82) is 0 Å². The Morgan fingerprint density at radius 2 is 0.557 bits per heavy atom. The topological polar surface area (TPSA) is 122 Å². The zero-order valence-corrected chi connectivity index (χ0v) is 48.4. The van der Waals surface area contributed by atoms with Gasteiger partial charge in [0.1, 0.15) is 0 Å². The third-order valence-corrected chi connectivity index (χ3v) is 17.1. The van der Waals surface area contributed by atoms with Gasteiger partial charge in [-0.2, -0.15) is 0 Å². The van der Waals surface area contributed by atoms with Crippen LogP contribution >= 0.6 is 23.5 Å². The van der Waals surface area contributed by atoms with Crippen LogP contribution in [0.5, 0.6) is 0 Å². The van der Waals surface area contributed by atoms with E-state index in [-0.39, 0.29) is 22.1 Å². The lowest BCUT2D eigenvalue weighted by Gasteiger charge is -2.29. The molecule has 4 N–H and O–H groups in total. The van der Waals surface area contributed by atoms with Crippen LogP contribution in [0.15, 0.2) is 0 Å². The van der Waals surface area contributed by atoms with Gasteiger partial charge in [0.15, 0.2) is 10.2 Å². The normalized spacial score (nSPS) is 17.1. The van der Waals surface area contributed by atoms with Crippen LogP contribution in [0.3, 0.4) is 0 Å². The molecule has 0 spiro atoms.